The van der Waals surface area contributed by atoms with Crippen LogP contribution in [0.2, 0.25) is 0 Å². The molecule has 0 aliphatic carbocycles. The first-order valence-corrected chi connectivity index (χ1v) is 4.36. The van der Waals surface area contributed by atoms with Crippen LogP contribution in [0.4, 0.5) is 0 Å². The van der Waals surface area contributed by atoms with Crippen molar-refractivity contribution in [1.82, 2.24) is 14.9 Å². The lowest BCUT2D eigenvalue weighted by atomic mass is 10.4. The summed E-state index contributed by atoms with van der Waals surface area (Å²) in [5.41, 5.74) is 0. The van der Waals surface area contributed by atoms with Crippen LogP contribution in [0.1, 0.15) is 5.82 Å². The highest BCUT2D eigenvalue weighted by molar-refractivity contribution is 14.1. The Morgan fingerprint density at radius 2 is 2.60 bits per heavy atom. The molecule has 0 radical (unpaired) electrons. The minimum absolute atomic E-state index is 0.920. The summed E-state index contributed by atoms with van der Waals surface area (Å²) in [5.74, 6) is 1.16. The smallest absolute Gasteiger partial charge is 0.124 e. The van der Waals surface area contributed by atoms with Crippen molar-refractivity contribution < 1.29 is 0 Å². The third kappa shape index (κ3) is 1.05. The van der Waals surface area contributed by atoms with Crippen LogP contribution in [0.3, 0.4) is 0 Å². The van der Waals surface area contributed by atoms with Gasteiger partial charge in [0.05, 0.1) is 6.54 Å². The highest BCUT2D eigenvalue weighted by Gasteiger charge is 2.09. The fourth-order valence-electron chi connectivity index (χ4n) is 1.15. The van der Waals surface area contributed by atoms with Crippen molar-refractivity contribution in [2.45, 2.75) is 13.1 Å². The van der Waals surface area contributed by atoms with Gasteiger partial charge in [0, 0.05) is 19.3 Å². The Balaban J connectivity index is 2.41. The number of imidazole rings is 1. The van der Waals surface area contributed by atoms with Crippen molar-refractivity contribution >= 4 is 22.6 Å². The molecule has 0 saturated carbocycles. The summed E-state index contributed by atoms with van der Waals surface area (Å²) in [4.78, 5) is 4.34. The van der Waals surface area contributed by atoms with E-state index in [1.54, 1.807) is 0 Å². The van der Waals surface area contributed by atoms with Gasteiger partial charge < -0.3 is 9.88 Å². The Morgan fingerprint density at radius 3 is 3.40 bits per heavy atom. The van der Waals surface area contributed by atoms with E-state index in [1.807, 2.05) is 0 Å². The summed E-state index contributed by atoms with van der Waals surface area (Å²) in [5, 5.41) is 3.27. The van der Waals surface area contributed by atoms with Gasteiger partial charge in [-0.3, -0.25) is 0 Å². The highest BCUT2D eigenvalue weighted by Crippen LogP contribution is 2.07. The van der Waals surface area contributed by atoms with Gasteiger partial charge in [0.1, 0.15) is 9.53 Å². The molecule has 10 heavy (non-hydrogen) atoms. The second-order valence-corrected chi connectivity index (χ2v) is 3.46. The quantitative estimate of drug-likeness (QED) is 0.682. The maximum absolute atomic E-state index is 4.34. The molecule has 2 heterocycles. The van der Waals surface area contributed by atoms with Gasteiger partial charge in [-0.1, -0.05) is 0 Å². The van der Waals surface area contributed by atoms with Crippen molar-refractivity contribution in [1.29, 1.82) is 0 Å². The van der Waals surface area contributed by atoms with Crippen LogP contribution in [0.25, 0.3) is 0 Å². The molecule has 0 atom stereocenters. The molecule has 0 amide bonds. The second kappa shape index (κ2) is 2.50. The topological polar surface area (TPSA) is 29.9 Å². The molecule has 0 saturated heterocycles. The number of aromatic nitrogens is 2. The van der Waals surface area contributed by atoms with Crippen molar-refractivity contribution in [3.63, 3.8) is 0 Å². The van der Waals surface area contributed by atoms with Crippen LogP contribution in [-0.2, 0) is 13.1 Å². The zero-order valence-electron chi connectivity index (χ0n) is 5.47. The van der Waals surface area contributed by atoms with Crippen molar-refractivity contribution in [3.8, 4) is 0 Å². The molecule has 0 fully saturated rings. The number of hydrogen-bond acceptors (Lipinski definition) is 2. The Kier molecular flexibility index (Phi) is 1.65. The molecule has 0 aromatic carbocycles. The normalized spacial score (nSPS) is 16.9. The number of nitrogens with one attached hydrogen (secondary N) is 1. The van der Waals surface area contributed by atoms with E-state index in [2.05, 4.69) is 43.7 Å². The van der Waals surface area contributed by atoms with E-state index in [1.165, 1.54) is 0 Å². The van der Waals surface area contributed by atoms with E-state index in [4.69, 9.17) is 0 Å². The predicted octanol–water partition coefficient (Wildman–Crippen LogP) is 0.591. The molecule has 1 aliphatic heterocycles. The monoisotopic (exact) mass is 249 g/mol. The number of hydrogen-bond donors (Lipinski definition) is 1. The summed E-state index contributed by atoms with van der Waals surface area (Å²) in [6.07, 6.45) is 2.09. The minimum Gasteiger partial charge on any atom is -0.331 e. The summed E-state index contributed by atoms with van der Waals surface area (Å²) in [6, 6.07) is 0. The highest BCUT2D eigenvalue weighted by atomic mass is 127. The Hall–Kier alpha value is -0.100. The van der Waals surface area contributed by atoms with E-state index in [-0.39, 0.29) is 0 Å². The minimum atomic E-state index is 0.920. The number of fused-ring (bicyclic) bond motifs is 1. The summed E-state index contributed by atoms with van der Waals surface area (Å²) in [7, 11) is 0. The van der Waals surface area contributed by atoms with Crippen LogP contribution in [0.5, 0.6) is 0 Å². The second-order valence-electron chi connectivity index (χ2n) is 2.35. The van der Waals surface area contributed by atoms with Crippen molar-refractivity contribution in [2.75, 3.05) is 6.54 Å². The first-order chi connectivity index (χ1) is 4.86. The summed E-state index contributed by atoms with van der Waals surface area (Å²) < 4.78 is 3.30. The average Bonchev–Trinajstić information content (AvgIpc) is 2.27. The predicted molar refractivity (Wildman–Crippen MR) is 46.7 cm³/mol. The van der Waals surface area contributed by atoms with E-state index in [0.717, 1.165) is 29.2 Å². The molecule has 1 N–H and O–H groups in total. The molecular formula is C6H8IN3. The van der Waals surface area contributed by atoms with Gasteiger partial charge in [-0.25, -0.2) is 4.98 Å². The van der Waals surface area contributed by atoms with Crippen LogP contribution < -0.4 is 5.32 Å². The van der Waals surface area contributed by atoms with Crippen LogP contribution in [0.15, 0.2) is 6.20 Å². The SMILES string of the molecule is Ic1cn2c(n1)CNCC2. The maximum atomic E-state index is 4.34. The van der Waals surface area contributed by atoms with Crippen molar-refractivity contribution in [2.24, 2.45) is 0 Å². The van der Waals surface area contributed by atoms with Gasteiger partial charge in [-0.2, -0.15) is 0 Å². The van der Waals surface area contributed by atoms with Gasteiger partial charge in [0.25, 0.3) is 0 Å². The number of halogens is 1. The molecule has 54 valence electrons. The van der Waals surface area contributed by atoms with E-state index in [0.29, 0.717) is 0 Å². The lowest BCUT2D eigenvalue weighted by Gasteiger charge is -2.13. The van der Waals surface area contributed by atoms with Gasteiger partial charge >= 0.3 is 0 Å². The Morgan fingerprint density at radius 1 is 1.70 bits per heavy atom. The van der Waals surface area contributed by atoms with E-state index in [9.17, 15) is 0 Å². The number of rotatable bonds is 0. The van der Waals surface area contributed by atoms with Crippen molar-refractivity contribution in [3.05, 3.63) is 15.7 Å². The molecule has 0 unspecified atom stereocenters. The average molecular weight is 249 g/mol. The largest absolute Gasteiger partial charge is 0.331 e. The molecule has 2 rings (SSSR count). The lowest BCUT2D eigenvalue weighted by molar-refractivity contribution is 0.505. The van der Waals surface area contributed by atoms with Crippen LogP contribution in [-0.4, -0.2) is 16.1 Å². The molecule has 0 bridgehead atoms. The summed E-state index contributed by atoms with van der Waals surface area (Å²) >= 11 is 2.24. The molecule has 4 heteroatoms. The summed E-state index contributed by atoms with van der Waals surface area (Å²) in [6.45, 7) is 3.05. The van der Waals surface area contributed by atoms with Gasteiger partial charge in [0.2, 0.25) is 0 Å². The molecule has 1 aliphatic rings. The van der Waals surface area contributed by atoms with Crippen LogP contribution >= 0.6 is 22.6 Å². The zero-order valence-corrected chi connectivity index (χ0v) is 7.63. The van der Waals surface area contributed by atoms with Gasteiger partial charge in [-0.05, 0) is 22.6 Å². The fourth-order valence-corrected chi connectivity index (χ4v) is 1.77. The maximum Gasteiger partial charge on any atom is 0.124 e. The third-order valence-electron chi connectivity index (χ3n) is 1.64. The zero-order chi connectivity index (χ0) is 6.97. The molecular weight excluding hydrogens is 241 g/mol. The fraction of sp³-hybridized carbons (Fsp3) is 0.500. The lowest BCUT2D eigenvalue weighted by Crippen LogP contribution is -2.27. The molecule has 1 aromatic heterocycles. The number of nitrogens with zero attached hydrogens (tertiary/aromatic N) is 2. The molecule has 0 spiro atoms. The molecule has 3 nitrogen and oxygen atoms in total. The first kappa shape index (κ1) is 6.60. The van der Waals surface area contributed by atoms with Crippen LogP contribution in [0, 0.1) is 3.70 Å². The van der Waals surface area contributed by atoms with Gasteiger partial charge in [-0.15, -0.1) is 0 Å². The molecule has 1 aromatic rings. The van der Waals surface area contributed by atoms with E-state index < -0.39 is 0 Å². The van der Waals surface area contributed by atoms with Gasteiger partial charge in [0.15, 0.2) is 0 Å². The standard InChI is InChI=1S/C6H8IN3/c7-5-4-10-2-1-8-3-6(10)9-5/h4,8H,1-3H2. The Bertz CT molecular complexity index is 220. The van der Waals surface area contributed by atoms with E-state index >= 15 is 0 Å². The Labute approximate surface area is 73.0 Å². The third-order valence-corrected chi connectivity index (χ3v) is 2.16. The first-order valence-electron chi connectivity index (χ1n) is 3.28.